The summed E-state index contributed by atoms with van der Waals surface area (Å²) in [6.45, 7) is 0.275. The van der Waals surface area contributed by atoms with Crippen LogP contribution in [0.15, 0.2) is 84.9 Å². The van der Waals surface area contributed by atoms with Crippen LogP contribution in [-0.4, -0.2) is 70.9 Å². The molecule has 3 aromatic rings. The number of carbonyl (C=O) groups excluding carboxylic acids is 2. The van der Waals surface area contributed by atoms with Crippen LogP contribution in [0.25, 0.3) is 0 Å². The Kier molecular flexibility index (Phi) is 12.0. The lowest BCUT2D eigenvalue weighted by Gasteiger charge is -2.17. The van der Waals surface area contributed by atoms with E-state index in [0.717, 1.165) is 0 Å². The highest BCUT2D eigenvalue weighted by Crippen LogP contribution is 2.20. The maximum atomic E-state index is 13.5. The van der Waals surface area contributed by atoms with Crippen molar-refractivity contribution in [2.24, 2.45) is 5.92 Å². The van der Waals surface area contributed by atoms with Gasteiger partial charge in [0.1, 0.15) is 0 Å². The Balaban J connectivity index is 1.73. The smallest absolute Gasteiger partial charge is 0.305 e. The average molecular weight is 616 g/mol. The van der Waals surface area contributed by atoms with Crippen molar-refractivity contribution in [2.75, 3.05) is 31.3 Å². The van der Waals surface area contributed by atoms with Gasteiger partial charge >= 0.3 is 5.97 Å². The van der Waals surface area contributed by atoms with Crippen LogP contribution in [0.3, 0.4) is 0 Å². The van der Waals surface area contributed by atoms with Gasteiger partial charge in [-0.1, -0.05) is 72.8 Å². The highest BCUT2D eigenvalue weighted by atomic mass is 32.2. The number of nitrogens with one attached hydrogen (secondary N) is 1. The fourth-order valence-corrected chi connectivity index (χ4v) is 7.76. The summed E-state index contributed by atoms with van der Waals surface area (Å²) in [7, 11) is -7.74. The van der Waals surface area contributed by atoms with Crippen molar-refractivity contribution >= 4 is 37.3 Å². The highest BCUT2D eigenvalue weighted by Gasteiger charge is 2.31. The van der Waals surface area contributed by atoms with Crippen LogP contribution in [-0.2, 0) is 40.7 Å². The van der Waals surface area contributed by atoms with Gasteiger partial charge in [-0.25, -0.2) is 16.8 Å². The number of sulfone groups is 2. The molecule has 10 nitrogen and oxygen atoms in total. The molecule has 0 fully saturated rings. The summed E-state index contributed by atoms with van der Waals surface area (Å²) in [5.41, 5.74) is 1.36. The topological polar surface area (TPSA) is 161 Å². The summed E-state index contributed by atoms with van der Waals surface area (Å²) >= 11 is 0. The Bertz CT molecular complexity index is 1480. The van der Waals surface area contributed by atoms with Crippen LogP contribution in [0.1, 0.15) is 38.3 Å². The first kappa shape index (κ1) is 32.6. The van der Waals surface area contributed by atoms with Gasteiger partial charge < -0.3 is 15.2 Å². The van der Waals surface area contributed by atoms with Gasteiger partial charge in [-0.3, -0.25) is 14.4 Å². The number of rotatable bonds is 17. The van der Waals surface area contributed by atoms with Crippen molar-refractivity contribution in [3.8, 4) is 0 Å². The Morgan fingerprint density at radius 3 is 1.64 bits per heavy atom. The van der Waals surface area contributed by atoms with E-state index in [0.29, 0.717) is 11.1 Å². The summed E-state index contributed by atoms with van der Waals surface area (Å²) < 4.78 is 57.5. The fraction of sp³-hybridized carbons (Fsp3) is 0.300. The quantitative estimate of drug-likeness (QED) is 0.172. The zero-order chi connectivity index (χ0) is 30.6. The number of carboxylic acids is 1. The summed E-state index contributed by atoms with van der Waals surface area (Å²) in [5, 5.41) is 11.2. The number of amides is 1. The molecule has 0 heterocycles. The number of aliphatic carboxylic acids is 1. The molecular weight excluding hydrogens is 582 g/mol. The molecule has 2 N–H and O–H groups in total. The minimum Gasteiger partial charge on any atom is -0.481 e. The van der Waals surface area contributed by atoms with Crippen molar-refractivity contribution in [3.05, 3.63) is 107 Å². The van der Waals surface area contributed by atoms with E-state index in [1.54, 1.807) is 60.7 Å². The van der Waals surface area contributed by atoms with E-state index in [1.807, 2.05) is 0 Å². The Hall–Kier alpha value is -3.87. The highest BCUT2D eigenvalue weighted by molar-refractivity contribution is 7.91. The number of ether oxygens (including phenoxy) is 1. The molecule has 0 spiro atoms. The van der Waals surface area contributed by atoms with Crippen LogP contribution in [0, 0.1) is 5.92 Å². The SMILES string of the molecule is O=C(O)CCOCCNC(=O)c1ccc(C(=O)C(CS(=O)(=O)Cc2ccccc2)CS(=O)(=O)Cc2ccccc2)cc1. The second kappa shape index (κ2) is 15.4. The first-order valence-corrected chi connectivity index (χ1v) is 16.8. The van der Waals surface area contributed by atoms with Gasteiger partial charge in [-0.2, -0.15) is 0 Å². The molecule has 0 unspecified atom stereocenters. The molecule has 0 atom stereocenters. The van der Waals surface area contributed by atoms with E-state index in [2.05, 4.69) is 5.32 Å². The zero-order valence-corrected chi connectivity index (χ0v) is 24.5. The third-order valence-electron chi connectivity index (χ3n) is 6.16. The largest absolute Gasteiger partial charge is 0.481 e. The van der Waals surface area contributed by atoms with E-state index < -0.39 is 54.8 Å². The van der Waals surface area contributed by atoms with Crippen molar-refractivity contribution in [1.82, 2.24) is 5.32 Å². The molecule has 0 saturated heterocycles. The summed E-state index contributed by atoms with van der Waals surface area (Å²) in [6, 6.07) is 22.4. The van der Waals surface area contributed by atoms with Crippen molar-refractivity contribution in [2.45, 2.75) is 17.9 Å². The number of hydrogen-bond acceptors (Lipinski definition) is 8. The minimum atomic E-state index is -3.87. The summed E-state index contributed by atoms with van der Waals surface area (Å²) in [4.78, 5) is 36.4. The van der Waals surface area contributed by atoms with E-state index in [-0.39, 0.29) is 48.8 Å². The average Bonchev–Trinajstić information content (AvgIpc) is 2.94. The third kappa shape index (κ3) is 11.2. The van der Waals surface area contributed by atoms with E-state index in [9.17, 15) is 31.2 Å². The van der Waals surface area contributed by atoms with E-state index in [1.165, 1.54) is 24.3 Å². The summed E-state index contributed by atoms with van der Waals surface area (Å²) in [6.07, 6.45) is -0.147. The molecule has 42 heavy (non-hydrogen) atoms. The molecule has 0 bridgehead atoms. The predicted molar refractivity (Wildman–Crippen MR) is 158 cm³/mol. The molecule has 0 aliphatic carbocycles. The van der Waals surface area contributed by atoms with Crippen LogP contribution in [0.5, 0.6) is 0 Å². The van der Waals surface area contributed by atoms with Gasteiger partial charge in [-0.15, -0.1) is 0 Å². The van der Waals surface area contributed by atoms with Crippen molar-refractivity contribution in [1.29, 1.82) is 0 Å². The number of ketones is 1. The van der Waals surface area contributed by atoms with Gasteiger partial charge in [0.2, 0.25) is 0 Å². The standard InChI is InChI=1S/C30H33NO9S2/c32-28(33)15-17-40-18-16-31-30(35)26-13-11-25(12-14-26)29(34)27(21-41(36,37)19-23-7-3-1-4-8-23)22-42(38,39)20-24-9-5-2-6-10-24/h1-14,27H,15-22H2,(H,31,35)(H,32,33). The third-order valence-corrected chi connectivity index (χ3v) is 9.53. The zero-order valence-electron chi connectivity index (χ0n) is 22.8. The molecule has 0 radical (unpaired) electrons. The lowest BCUT2D eigenvalue weighted by atomic mass is 9.99. The van der Waals surface area contributed by atoms with Crippen molar-refractivity contribution < 1.29 is 41.1 Å². The molecule has 1 amide bonds. The monoisotopic (exact) mass is 615 g/mol. The van der Waals surface area contributed by atoms with Crippen LogP contribution in [0.4, 0.5) is 0 Å². The van der Waals surface area contributed by atoms with E-state index in [4.69, 9.17) is 9.84 Å². The molecule has 0 aromatic heterocycles. The summed E-state index contributed by atoms with van der Waals surface area (Å²) in [5.74, 6) is -5.43. The molecule has 0 aliphatic rings. The Morgan fingerprint density at radius 2 is 1.17 bits per heavy atom. The fourth-order valence-electron chi connectivity index (χ4n) is 4.21. The number of carboxylic acid groups (broad SMARTS) is 1. The van der Waals surface area contributed by atoms with Gasteiger partial charge in [0.25, 0.3) is 5.91 Å². The molecule has 3 rings (SSSR count). The maximum Gasteiger partial charge on any atom is 0.305 e. The molecular formula is C30H33NO9S2. The second-order valence-electron chi connectivity index (χ2n) is 9.73. The van der Waals surface area contributed by atoms with Gasteiger partial charge in [0, 0.05) is 17.7 Å². The predicted octanol–water partition coefficient (Wildman–Crippen LogP) is 2.94. The first-order valence-electron chi connectivity index (χ1n) is 13.1. The number of hydrogen-bond donors (Lipinski definition) is 2. The molecule has 0 saturated carbocycles. The number of benzene rings is 3. The normalized spacial score (nSPS) is 11.7. The molecule has 224 valence electrons. The lowest BCUT2D eigenvalue weighted by Crippen LogP contribution is -2.32. The van der Waals surface area contributed by atoms with Crippen molar-refractivity contribution in [3.63, 3.8) is 0 Å². The molecule has 3 aromatic carbocycles. The van der Waals surface area contributed by atoms with Crippen LogP contribution in [0.2, 0.25) is 0 Å². The van der Waals surface area contributed by atoms with Gasteiger partial charge in [-0.05, 0) is 23.3 Å². The maximum absolute atomic E-state index is 13.5. The van der Waals surface area contributed by atoms with Crippen LogP contribution >= 0.6 is 0 Å². The number of carbonyl (C=O) groups is 3. The lowest BCUT2D eigenvalue weighted by molar-refractivity contribution is -0.138. The molecule has 12 heteroatoms. The van der Waals surface area contributed by atoms with Gasteiger partial charge in [0.15, 0.2) is 25.5 Å². The van der Waals surface area contributed by atoms with Gasteiger partial charge in [0.05, 0.1) is 48.6 Å². The van der Waals surface area contributed by atoms with Crippen LogP contribution < -0.4 is 5.32 Å². The van der Waals surface area contributed by atoms with E-state index >= 15 is 0 Å². The molecule has 0 aliphatic heterocycles. The Morgan fingerprint density at radius 1 is 0.690 bits per heavy atom. The minimum absolute atomic E-state index is 0.0192. The Labute approximate surface area is 245 Å². The first-order chi connectivity index (χ1) is 19.9. The second-order valence-corrected chi connectivity index (χ2v) is 13.9. The number of Topliss-reactive ketones (excluding diaryl/α,β-unsaturated/α-hetero) is 1.